The monoisotopic (exact) mass is 397 g/mol. The number of methoxy groups -OCH3 is 1. The molecule has 0 unspecified atom stereocenters. The van der Waals surface area contributed by atoms with Crippen LogP contribution in [0.4, 0.5) is 10.5 Å². The standard InChI is InChI=1S/C17H23N5O4.ClH/c1-26-10-13-9-22(21-20-13)8-11-7-14(16(24)15(11)23)19-17(25)18-12-5-3-2-4-6-12;/h2-6,9,11,14-16,23-24H,7-8,10H2,1H3,(H2,18,19,25);1H/t11-,14-,15-,16+;/m1./s1. The van der Waals surface area contributed by atoms with E-state index in [9.17, 15) is 15.0 Å². The summed E-state index contributed by atoms with van der Waals surface area (Å²) >= 11 is 0. The molecule has 4 atom stereocenters. The van der Waals surface area contributed by atoms with Crippen molar-refractivity contribution < 1.29 is 19.7 Å². The van der Waals surface area contributed by atoms with E-state index >= 15 is 0 Å². The van der Waals surface area contributed by atoms with Gasteiger partial charge in [0.25, 0.3) is 0 Å². The topological polar surface area (TPSA) is 122 Å². The van der Waals surface area contributed by atoms with Gasteiger partial charge >= 0.3 is 6.03 Å². The van der Waals surface area contributed by atoms with Gasteiger partial charge in [-0.3, -0.25) is 4.68 Å². The van der Waals surface area contributed by atoms with Crippen LogP contribution in [0.1, 0.15) is 12.1 Å². The Morgan fingerprint density at radius 3 is 2.74 bits per heavy atom. The number of hydrogen-bond donors (Lipinski definition) is 4. The lowest BCUT2D eigenvalue weighted by Gasteiger charge is -2.18. The average molecular weight is 398 g/mol. The van der Waals surface area contributed by atoms with Crippen molar-refractivity contribution in [3.8, 4) is 0 Å². The van der Waals surface area contributed by atoms with Crippen molar-refractivity contribution in [2.75, 3.05) is 12.4 Å². The molecule has 27 heavy (non-hydrogen) atoms. The molecule has 2 aromatic rings. The van der Waals surface area contributed by atoms with Gasteiger partial charge in [0, 0.05) is 25.3 Å². The van der Waals surface area contributed by atoms with Gasteiger partial charge in [-0.15, -0.1) is 17.5 Å². The van der Waals surface area contributed by atoms with Crippen molar-refractivity contribution in [2.24, 2.45) is 5.92 Å². The molecule has 0 bridgehead atoms. The minimum absolute atomic E-state index is 0. The molecule has 4 N–H and O–H groups in total. The molecule has 2 amide bonds. The van der Waals surface area contributed by atoms with Crippen LogP contribution in [0, 0.1) is 5.92 Å². The Morgan fingerprint density at radius 1 is 1.30 bits per heavy atom. The summed E-state index contributed by atoms with van der Waals surface area (Å²) in [6.07, 6.45) is 0.186. The molecule has 9 nitrogen and oxygen atoms in total. The number of anilines is 1. The van der Waals surface area contributed by atoms with Crippen LogP contribution in [-0.4, -0.2) is 56.6 Å². The summed E-state index contributed by atoms with van der Waals surface area (Å²) in [5, 5.41) is 33.9. The average Bonchev–Trinajstić information content (AvgIpc) is 3.17. The van der Waals surface area contributed by atoms with E-state index < -0.39 is 24.3 Å². The number of benzene rings is 1. The molecule has 1 aromatic carbocycles. The van der Waals surface area contributed by atoms with Gasteiger partial charge in [-0.2, -0.15) is 0 Å². The Balaban J connectivity index is 0.00000261. The second-order valence-electron chi connectivity index (χ2n) is 6.41. The smallest absolute Gasteiger partial charge is 0.319 e. The zero-order chi connectivity index (χ0) is 18.5. The number of rotatable bonds is 6. The largest absolute Gasteiger partial charge is 0.390 e. The van der Waals surface area contributed by atoms with Gasteiger partial charge in [0.05, 0.1) is 24.9 Å². The third kappa shape index (κ3) is 5.39. The molecule has 0 radical (unpaired) electrons. The van der Waals surface area contributed by atoms with Crippen LogP contribution in [0.5, 0.6) is 0 Å². The lowest BCUT2D eigenvalue weighted by Crippen LogP contribution is -2.44. The van der Waals surface area contributed by atoms with Crippen molar-refractivity contribution in [3.63, 3.8) is 0 Å². The Bertz CT molecular complexity index is 729. The minimum atomic E-state index is -1.04. The number of hydrogen-bond acceptors (Lipinski definition) is 6. The SMILES string of the molecule is COCc1cn(C[C@H]2C[C@@H](NC(=O)Nc3ccccc3)[C@H](O)[C@@H]2O)nn1.Cl. The first-order valence-corrected chi connectivity index (χ1v) is 8.43. The molecular formula is C17H24ClN5O4. The number of carbonyl (C=O) groups is 1. The number of nitrogens with one attached hydrogen (secondary N) is 2. The Hall–Kier alpha value is -2.20. The van der Waals surface area contributed by atoms with E-state index in [0.717, 1.165) is 0 Å². The number of aliphatic hydroxyl groups is 2. The summed E-state index contributed by atoms with van der Waals surface area (Å²) in [6, 6.07) is 8.06. The minimum Gasteiger partial charge on any atom is -0.390 e. The number of nitrogens with zero attached hydrogens (tertiary/aromatic N) is 3. The number of amides is 2. The van der Waals surface area contributed by atoms with E-state index in [1.54, 1.807) is 30.1 Å². The molecule has 10 heteroatoms. The second kappa shape index (κ2) is 9.65. The molecule has 1 saturated carbocycles. The maximum absolute atomic E-state index is 12.1. The van der Waals surface area contributed by atoms with Crippen LogP contribution in [0.25, 0.3) is 0 Å². The summed E-state index contributed by atoms with van der Waals surface area (Å²) < 4.78 is 6.61. The van der Waals surface area contributed by atoms with Crippen LogP contribution < -0.4 is 10.6 Å². The van der Waals surface area contributed by atoms with E-state index in [2.05, 4.69) is 20.9 Å². The quantitative estimate of drug-likeness (QED) is 0.571. The van der Waals surface area contributed by atoms with Crippen molar-refractivity contribution in [1.82, 2.24) is 20.3 Å². The molecule has 0 aliphatic heterocycles. The molecule has 1 aliphatic rings. The lowest BCUT2D eigenvalue weighted by molar-refractivity contribution is 0.00877. The Morgan fingerprint density at radius 2 is 2.04 bits per heavy atom. The molecule has 1 aliphatic carbocycles. The third-order valence-electron chi connectivity index (χ3n) is 4.45. The predicted molar refractivity (Wildman–Crippen MR) is 100 cm³/mol. The highest BCUT2D eigenvalue weighted by Gasteiger charge is 2.42. The van der Waals surface area contributed by atoms with Gasteiger partial charge < -0.3 is 25.6 Å². The van der Waals surface area contributed by atoms with Crippen molar-refractivity contribution >= 4 is 24.1 Å². The second-order valence-corrected chi connectivity index (χ2v) is 6.41. The summed E-state index contributed by atoms with van der Waals surface area (Å²) in [6.45, 7) is 0.757. The van der Waals surface area contributed by atoms with Crippen LogP contribution in [0.3, 0.4) is 0 Å². The van der Waals surface area contributed by atoms with E-state index in [4.69, 9.17) is 4.74 Å². The van der Waals surface area contributed by atoms with Gasteiger partial charge in [-0.05, 0) is 18.6 Å². The Kier molecular flexibility index (Phi) is 7.55. The lowest BCUT2D eigenvalue weighted by atomic mass is 10.1. The van der Waals surface area contributed by atoms with Crippen LogP contribution in [0.2, 0.25) is 0 Å². The van der Waals surface area contributed by atoms with Crippen molar-refractivity contribution in [1.29, 1.82) is 0 Å². The van der Waals surface area contributed by atoms with Gasteiger partial charge in [-0.25, -0.2) is 4.79 Å². The van der Waals surface area contributed by atoms with E-state index in [-0.39, 0.29) is 18.3 Å². The first-order valence-electron chi connectivity index (χ1n) is 8.43. The zero-order valence-corrected chi connectivity index (χ0v) is 15.7. The zero-order valence-electron chi connectivity index (χ0n) is 14.9. The number of urea groups is 1. The fourth-order valence-corrected chi connectivity index (χ4v) is 3.19. The molecule has 3 rings (SSSR count). The summed E-state index contributed by atoms with van der Waals surface area (Å²) in [5.74, 6) is -0.246. The molecule has 0 saturated heterocycles. The third-order valence-corrected chi connectivity index (χ3v) is 4.45. The number of para-hydroxylation sites is 1. The van der Waals surface area contributed by atoms with Gasteiger partial charge in [0.2, 0.25) is 0 Å². The molecule has 1 aromatic heterocycles. The van der Waals surface area contributed by atoms with Gasteiger partial charge in [0.15, 0.2) is 0 Å². The van der Waals surface area contributed by atoms with Crippen molar-refractivity contribution in [3.05, 3.63) is 42.2 Å². The maximum atomic E-state index is 12.1. The Labute approximate surface area is 163 Å². The van der Waals surface area contributed by atoms with E-state index in [1.165, 1.54) is 0 Å². The van der Waals surface area contributed by atoms with Crippen LogP contribution in [0.15, 0.2) is 36.5 Å². The van der Waals surface area contributed by atoms with E-state index in [0.29, 0.717) is 31.0 Å². The summed E-state index contributed by atoms with van der Waals surface area (Å²) in [5.41, 5.74) is 1.35. The van der Waals surface area contributed by atoms with Gasteiger partial charge in [-0.1, -0.05) is 23.4 Å². The summed E-state index contributed by atoms with van der Waals surface area (Å²) in [4.78, 5) is 12.1. The highest BCUT2D eigenvalue weighted by molar-refractivity contribution is 5.89. The number of ether oxygens (including phenoxy) is 1. The number of aromatic nitrogens is 3. The molecule has 0 spiro atoms. The normalized spacial score (nSPS) is 24.3. The first-order chi connectivity index (χ1) is 12.6. The molecule has 1 fully saturated rings. The number of aliphatic hydroxyl groups excluding tert-OH is 2. The van der Waals surface area contributed by atoms with E-state index in [1.807, 2.05) is 18.2 Å². The molecule has 1 heterocycles. The first kappa shape index (κ1) is 21.1. The number of halogens is 1. The fourth-order valence-electron chi connectivity index (χ4n) is 3.19. The van der Waals surface area contributed by atoms with Crippen LogP contribution in [-0.2, 0) is 17.9 Å². The number of carbonyl (C=O) groups excluding carboxylic acids is 1. The van der Waals surface area contributed by atoms with Crippen LogP contribution >= 0.6 is 12.4 Å². The molecular weight excluding hydrogens is 374 g/mol. The highest BCUT2D eigenvalue weighted by atomic mass is 35.5. The van der Waals surface area contributed by atoms with Crippen molar-refractivity contribution in [2.45, 2.75) is 37.8 Å². The maximum Gasteiger partial charge on any atom is 0.319 e. The highest BCUT2D eigenvalue weighted by Crippen LogP contribution is 2.28. The fraction of sp³-hybridized carbons (Fsp3) is 0.471. The molecule has 148 valence electrons. The van der Waals surface area contributed by atoms with Gasteiger partial charge in [0.1, 0.15) is 11.8 Å². The summed E-state index contributed by atoms with van der Waals surface area (Å²) in [7, 11) is 1.58. The predicted octanol–water partition coefficient (Wildman–Crippen LogP) is 0.778.